The van der Waals surface area contributed by atoms with E-state index in [0.29, 0.717) is 10.9 Å². The number of ether oxygens (including phenoxy) is 5. The molecule has 0 unspecified atom stereocenters. The number of carbonyl (C=O) groups excluding carboxylic acids is 3. The molecule has 5 atom stereocenters. The highest BCUT2D eigenvalue weighted by Gasteiger charge is 2.54. The molecule has 6 rings (SSSR count). The molecule has 1 N–H and O–H groups in total. The van der Waals surface area contributed by atoms with Gasteiger partial charge in [-0.3, -0.25) is 4.55 Å². The molecule has 14 nitrogen and oxygen atoms in total. The maximum atomic E-state index is 13.5. The van der Waals surface area contributed by atoms with Gasteiger partial charge < -0.3 is 28.1 Å². The van der Waals surface area contributed by atoms with E-state index >= 15 is 0 Å². The number of hydrogen-bond donors (Lipinski definition) is 1. The molecule has 0 spiro atoms. The molecule has 4 aromatic carbocycles. The van der Waals surface area contributed by atoms with Gasteiger partial charge in [-0.15, -0.1) is 0 Å². The fourth-order valence-corrected chi connectivity index (χ4v) is 6.00. The van der Waals surface area contributed by atoms with Crippen LogP contribution in [0.5, 0.6) is 5.75 Å². The fourth-order valence-electron chi connectivity index (χ4n) is 5.48. The summed E-state index contributed by atoms with van der Waals surface area (Å²) in [4.78, 5) is 52.1. The monoisotopic (exact) mass is 730 g/mol. The number of esters is 3. The number of rotatable bonds is 11. The summed E-state index contributed by atoms with van der Waals surface area (Å²) in [5, 5.41) is 0.588. The van der Waals surface area contributed by atoms with Gasteiger partial charge in [0.05, 0.1) is 16.7 Å². The van der Waals surface area contributed by atoms with Gasteiger partial charge >= 0.3 is 33.9 Å². The molecular weight excluding hydrogens is 700 g/mol. The lowest BCUT2D eigenvalue weighted by Crippen LogP contribution is -2.63. The van der Waals surface area contributed by atoms with Crippen LogP contribution in [0.1, 0.15) is 36.6 Å². The van der Waals surface area contributed by atoms with E-state index in [-0.39, 0.29) is 28.0 Å². The first-order valence-electron chi connectivity index (χ1n) is 15.7. The predicted molar refractivity (Wildman–Crippen MR) is 181 cm³/mol. The topological polar surface area (TPSA) is 191 Å². The largest absolute Gasteiger partial charge is 0.461 e. The molecule has 0 amide bonds. The maximum absolute atomic E-state index is 13.5. The fraction of sp³-hybridized carbons (Fsp3) is 0.189. The quantitative estimate of drug-likeness (QED) is 0.0851. The van der Waals surface area contributed by atoms with E-state index in [4.69, 9.17) is 32.3 Å². The zero-order valence-electron chi connectivity index (χ0n) is 27.2. The van der Waals surface area contributed by atoms with Crippen LogP contribution in [0.3, 0.4) is 0 Å². The summed E-state index contributed by atoms with van der Waals surface area (Å²) in [6, 6.07) is 28.9. The van der Waals surface area contributed by atoms with Crippen molar-refractivity contribution in [3.05, 3.63) is 148 Å². The van der Waals surface area contributed by atoms with Crippen LogP contribution in [-0.2, 0) is 33.5 Å². The highest BCUT2D eigenvalue weighted by Crippen LogP contribution is 2.33. The second kappa shape index (κ2) is 15.6. The van der Waals surface area contributed by atoms with Crippen LogP contribution in [0, 0.1) is 6.92 Å². The summed E-state index contributed by atoms with van der Waals surface area (Å²) in [7, 11) is -5.33. The van der Waals surface area contributed by atoms with E-state index in [9.17, 15) is 32.1 Å². The van der Waals surface area contributed by atoms with Gasteiger partial charge in [0.25, 0.3) is 0 Å². The van der Waals surface area contributed by atoms with Gasteiger partial charge in [-0.1, -0.05) is 54.6 Å². The second-order valence-electron chi connectivity index (χ2n) is 11.5. The Morgan fingerprint density at radius 1 is 0.712 bits per heavy atom. The number of hydrogen-bond acceptors (Lipinski definition) is 13. The lowest BCUT2D eigenvalue weighted by Gasteiger charge is -2.43. The average molecular weight is 731 g/mol. The van der Waals surface area contributed by atoms with E-state index in [2.05, 4.69) is 0 Å². The van der Waals surface area contributed by atoms with Crippen LogP contribution in [0.4, 0.5) is 0 Å². The van der Waals surface area contributed by atoms with Gasteiger partial charge in [0, 0.05) is 17.5 Å². The zero-order chi connectivity index (χ0) is 36.8. The van der Waals surface area contributed by atoms with Crippen molar-refractivity contribution in [1.82, 2.24) is 0 Å². The molecule has 0 bridgehead atoms. The van der Waals surface area contributed by atoms with Crippen molar-refractivity contribution in [2.24, 2.45) is 0 Å². The Kier molecular flexibility index (Phi) is 10.8. The van der Waals surface area contributed by atoms with Crippen LogP contribution in [0.15, 0.2) is 124 Å². The molecule has 1 saturated heterocycles. The Bertz CT molecular complexity index is 2220. The van der Waals surface area contributed by atoms with Gasteiger partial charge in [-0.05, 0) is 61.0 Å². The minimum atomic E-state index is -5.33. The molecule has 5 aromatic rings. The molecule has 0 aliphatic carbocycles. The third-order valence-electron chi connectivity index (χ3n) is 7.89. The summed E-state index contributed by atoms with van der Waals surface area (Å²) >= 11 is 0. The third kappa shape index (κ3) is 8.70. The molecule has 2 heterocycles. The molecule has 52 heavy (non-hydrogen) atoms. The average Bonchev–Trinajstić information content (AvgIpc) is 3.13. The first-order valence-corrected chi connectivity index (χ1v) is 17.1. The number of aryl methyl sites for hydroxylation is 1. The third-order valence-corrected chi connectivity index (χ3v) is 8.36. The van der Waals surface area contributed by atoms with Crippen LogP contribution in [0.25, 0.3) is 11.0 Å². The Hall–Kier alpha value is -5.87. The van der Waals surface area contributed by atoms with Gasteiger partial charge in [0.1, 0.15) is 30.1 Å². The molecular formula is C37H30O14S. The zero-order valence-corrected chi connectivity index (χ0v) is 28.0. The maximum Gasteiger partial charge on any atom is 0.397 e. The first-order chi connectivity index (χ1) is 24.9. The number of carbonyl (C=O) groups is 3. The molecule has 1 aliphatic rings. The molecule has 15 heteroatoms. The van der Waals surface area contributed by atoms with E-state index in [1.807, 2.05) is 0 Å². The van der Waals surface area contributed by atoms with Gasteiger partial charge in [0.15, 0.2) is 6.10 Å². The summed E-state index contributed by atoms with van der Waals surface area (Å²) in [5.41, 5.74) is 0.377. The molecule has 1 fully saturated rings. The molecule has 1 aromatic heterocycles. The minimum absolute atomic E-state index is 0.0225. The smallest absolute Gasteiger partial charge is 0.397 e. The van der Waals surface area contributed by atoms with Crippen molar-refractivity contribution < 1.29 is 59.6 Å². The van der Waals surface area contributed by atoms with E-state index in [1.165, 1.54) is 54.6 Å². The Morgan fingerprint density at radius 2 is 1.25 bits per heavy atom. The lowest BCUT2D eigenvalue weighted by atomic mass is 9.98. The highest BCUT2D eigenvalue weighted by molar-refractivity contribution is 7.80. The van der Waals surface area contributed by atoms with Crippen molar-refractivity contribution in [2.75, 3.05) is 6.61 Å². The summed E-state index contributed by atoms with van der Waals surface area (Å²) < 4.78 is 74.1. The Balaban J connectivity index is 1.43. The summed E-state index contributed by atoms with van der Waals surface area (Å²) in [5.74, 6) is -2.76. The molecule has 268 valence electrons. The van der Waals surface area contributed by atoms with E-state index < -0.39 is 71.2 Å². The lowest BCUT2D eigenvalue weighted by molar-refractivity contribution is -0.271. The molecule has 1 aliphatic heterocycles. The Labute approximate surface area is 296 Å². The van der Waals surface area contributed by atoms with Gasteiger partial charge in [0.2, 0.25) is 12.4 Å². The Morgan fingerprint density at radius 3 is 1.81 bits per heavy atom. The van der Waals surface area contributed by atoms with Gasteiger partial charge in [-0.25, -0.2) is 23.4 Å². The highest BCUT2D eigenvalue weighted by atomic mass is 32.3. The van der Waals surface area contributed by atoms with Crippen molar-refractivity contribution in [3.63, 3.8) is 0 Å². The van der Waals surface area contributed by atoms with E-state index in [1.54, 1.807) is 67.6 Å². The molecule has 0 radical (unpaired) electrons. The van der Waals surface area contributed by atoms with E-state index in [0.717, 1.165) is 0 Å². The normalized spacial score (nSPS) is 20.1. The van der Waals surface area contributed by atoms with Crippen LogP contribution >= 0.6 is 0 Å². The van der Waals surface area contributed by atoms with Gasteiger partial charge in [-0.2, -0.15) is 8.42 Å². The minimum Gasteiger partial charge on any atom is -0.461 e. The standard InChI is InChI=1S/C37H30O14S/c1-22-19-30(38)47-28-20-26(17-18-27(22)28)46-37-33(50-36(41)25-15-9-4-10-16-25)32(49-35(40)24-13-7-3-8-14-24)31(51-52(42,43)44)29(48-37)21-45-34(39)23-11-5-2-6-12-23/h2-20,29,31-33,37H,21H2,1H3,(H,42,43,44)/t29-,31+,32+,33+,37+/m0/s1. The number of fused-ring (bicyclic) bond motifs is 1. The van der Waals surface area contributed by atoms with Crippen molar-refractivity contribution in [2.45, 2.75) is 37.6 Å². The van der Waals surface area contributed by atoms with Crippen LogP contribution in [0.2, 0.25) is 0 Å². The molecule has 0 saturated carbocycles. The SMILES string of the molecule is Cc1cc(=O)oc2cc(O[C@@H]3O[C@@H](COC(=O)c4ccccc4)[C@@H](OS(=O)(=O)O)[C@@H](OC(=O)c4ccccc4)[C@H]3OC(=O)c3ccccc3)ccc12. The van der Waals surface area contributed by atoms with Crippen LogP contribution in [-0.4, -0.2) is 68.2 Å². The summed E-state index contributed by atoms with van der Waals surface area (Å²) in [6.45, 7) is 0.990. The summed E-state index contributed by atoms with van der Waals surface area (Å²) in [6.07, 6.45) is -9.02. The van der Waals surface area contributed by atoms with Crippen molar-refractivity contribution >= 4 is 39.3 Å². The number of benzene rings is 4. The predicted octanol–water partition coefficient (Wildman–Crippen LogP) is 4.70. The van der Waals surface area contributed by atoms with Crippen LogP contribution < -0.4 is 10.4 Å². The second-order valence-corrected chi connectivity index (χ2v) is 12.5. The van der Waals surface area contributed by atoms with Crippen molar-refractivity contribution in [1.29, 1.82) is 0 Å². The first kappa shape index (κ1) is 35.9. The van der Waals surface area contributed by atoms with Crippen molar-refractivity contribution in [3.8, 4) is 5.75 Å².